The molecule has 0 atom stereocenters. The Balaban J connectivity index is 2.92. The van der Waals surface area contributed by atoms with Gasteiger partial charge in [-0.15, -0.1) is 0 Å². The third-order valence-corrected chi connectivity index (χ3v) is 2.75. The number of hydrogen-bond acceptors (Lipinski definition) is 2. The Bertz CT molecular complexity index is 281. The van der Waals surface area contributed by atoms with Gasteiger partial charge in [0.05, 0.1) is 5.69 Å². The molecule has 1 rings (SSSR count). The summed E-state index contributed by atoms with van der Waals surface area (Å²) < 4.78 is 3.11. The maximum Gasteiger partial charge on any atom is 0.127 e. The Kier molecular flexibility index (Phi) is 3.93. The second-order valence-electron chi connectivity index (χ2n) is 3.11. The molecule has 0 bridgehead atoms. The van der Waals surface area contributed by atoms with Crippen LogP contribution in [0, 0.1) is 0 Å². The number of nitrogens with two attached hydrogens (primary N) is 1. The minimum absolute atomic E-state index is 0.656. The molecule has 1 aromatic rings. The van der Waals surface area contributed by atoms with Crippen molar-refractivity contribution in [1.29, 1.82) is 0 Å². The number of rotatable bonds is 4. The lowest BCUT2D eigenvalue weighted by Crippen LogP contribution is -2.09. The molecular formula is C9H16BrN3. The summed E-state index contributed by atoms with van der Waals surface area (Å²) in [5.41, 5.74) is 6.76. The monoisotopic (exact) mass is 245 g/mol. The smallest absolute Gasteiger partial charge is 0.127 e. The molecule has 3 nitrogen and oxygen atoms in total. The first-order chi connectivity index (χ1) is 6.20. The van der Waals surface area contributed by atoms with Gasteiger partial charge in [-0.1, -0.05) is 13.3 Å². The molecule has 0 aliphatic rings. The molecule has 74 valence electrons. The molecule has 1 aromatic heterocycles. The van der Waals surface area contributed by atoms with Gasteiger partial charge in [0, 0.05) is 13.5 Å². The zero-order valence-electron chi connectivity index (χ0n) is 8.18. The zero-order valence-corrected chi connectivity index (χ0v) is 9.76. The molecule has 0 saturated carbocycles. The van der Waals surface area contributed by atoms with Crippen molar-refractivity contribution in [2.24, 2.45) is 12.8 Å². The molecule has 0 saturated heterocycles. The van der Waals surface area contributed by atoms with Gasteiger partial charge in [-0.25, -0.2) is 4.98 Å². The fraction of sp³-hybridized carbons (Fsp3) is 0.667. The number of halogens is 1. The van der Waals surface area contributed by atoms with Crippen molar-refractivity contribution in [2.45, 2.75) is 26.2 Å². The van der Waals surface area contributed by atoms with E-state index in [0.29, 0.717) is 6.54 Å². The number of aromatic nitrogens is 2. The first-order valence-corrected chi connectivity index (χ1v) is 5.40. The predicted molar refractivity (Wildman–Crippen MR) is 57.7 cm³/mol. The Morgan fingerprint density at radius 3 is 2.69 bits per heavy atom. The van der Waals surface area contributed by atoms with Crippen LogP contribution in [0.1, 0.15) is 24.9 Å². The lowest BCUT2D eigenvalue weighted by Gasteiger charge is -2.03. The zero-order chi connectivity index (χ0) is 9.84. The van der Waals surface area contributed by atoms with Crippen LogP contribution in [0.4, 0.5) is 0 Å². The van der Waals surface area contributed by atoms with Crippen LogP contribution in [0.2, 0.25) is 0 Å². The molecule has 2 N–H and O–H groups in total. The highest BCUT2D eigenvalue weighted by Gasteiger charge is 2.10. The molecule has 4 heteroatoms. The lowest BCUT2D eigenvalue weighted by molar-refractivity contribution is 0.726. The standard InChI is InChI=1S/C9H16BrN3/c1-3-4-7-9(10)12-8(5-6-11)13(7)2/h3-6,11H2,1-2H3. The van der Waals surface area contributed by atoms with Crippen LogP contribution in [-0.2, 0) is 19.9 Å². The van der Waals surface area contributed by atoms with E-state index in [4.69, 9.17) is 5.73 Å². The van der Waals surface area contributed by atoms with Crippen LogP contribution in [0.5, 0.6) is 0 Å². The quantitative estimate of drug-likeness (QED) is 0.877. The summed E-state index contributed by atoms with van der Waals surface area (Å²) in [5.74, 6) is 1.07. The van der Waals surface area contributed by atoms with Gasteiger partial charge in [0.25, 0.3) is 0 Å². The topological polar surface area (TPSA) is 43.8 Å². The Morgan fingerprint density at radius 2 is 2.15 bits per heavy atom. The first-order valence-electron chi connectivity index (χ1n) is 4.60. The molecule has 0 amide bonds. The van der Waals surface area contributed by atoms with E-state index in [1.165, 1.54) is 5.69 Å². The highest BCUT2D eigenvalue weighted by Crippen LogP contribution is 2.18. The third-order valence-electron chi connectivity index (χ3n) is 2.11. The van der Waals surface area contributed by atoms with E-state index in [1.54, 1.807) is 0 Å². The number of hydrogen-bond donors (Lipinski definition) is 1. The third kappa shape index (κ3) is 2.31. The van der Waals surface area contributed by atoms with Gasteiger partial charge in [-0.2, -0.15) is 0 Å². The van der Waals surface area contributed by atoms with E-state index in [-0.39, 0.29) is 0 Å². The van der Waals surface area contributed by atoms with Crippen LogP contribution < -0.4 is 5.73 Å². The van der Waals surface area contributed by atoms with Crippen molar-refractivity contribution >= 4 is 15.9 Å². The van der Waals surface area contributed by atoms with E-state index < -0.39 is 0 Å². The van der Waals surface area contributed by atoms with E-state index >= 15 is 0 Å². The van der Waals surface area contributed by atoms with Gasteiger partial charge in [-0.3, -0.25) is 0 Å². The molecule has 13 heavy (non-hydrogen) atoms. The van der Waals surface area contributed by atoms with Crippen molar-refractivity contribution in [2.75, 3.05) is 6.54 Å². The summed E-state index contributed by atoms with van der Waals surface area (Å²) >= 11 is 3.47. The van der Waals surface area contributed by atoms with Crippen LogP contribution in [0.3, 0.4) is 0 Å². The van der Waals surface area contributed by atoms with Gasteiger partial charge in [0.1, 0.15) is 10.4 Å². The molecule has 0 spiro atoms. The average Bonchev–Trinajstić information content (AvgIpc) is 2.34. The lowest BCUT2D eigenvalue weighted by atomic mass is 10.3. The minimum atomic E-state index is 0.656. The number of imidazole rings is 1. The SMILES string of the molecule is CCCc1c(Br)nc(CCN)n1C. The van der Waals surface area contributed by atoms with Gasteiger partial charge in [-0.05, 0) is 28.9 Å². The van der Waals surface area contributed by atoms with E-state index in [9.17, 15) is 0 Å². The molecule has 0 unspecified atom stereocenters. The predicted octanol–water partition coefficient (Wildman–Crippen LogP) is 1.64. The normalized spacial score (nSPS) is 10.8. The summed E-state index contributed by atoms with van der Waals surface area (Å²) in [7, 11) is 2.05. The molecule has 0 aliphatic heterocycles. The van der Waals surface area contributed by atoms with E-state index in [2.05, 4.69) is 32.4 Å². The van der Waals surface area contributed by atoms with Crippen molar-refractivity contribution in [3.8, 4) is 0 Å². The molecule has 1 heterocycles. The van der Waals surface area contributed by atoms with E-state index in [0.717, 1.165) is 29.7 Å². The van der Waals surface area contributed by atoms with Gasteiger partial charge in [0.2, 0.25) is 0 Å². The van der Waals surface area contributed by atoms with Crippen molar-refractivity contribution in [3.63, 3.8) is 0 Å². The van der Waals surface area contributed by atoms with Crippen LogP contribution in [0.25, 0.3) is 0 Å². The largest absolute Gasteiger partial charge is 0.334 e. The van der Waals surface area contributed by atoms with Crippen LogP contribution >= 0.6 is 15.9 Å². The first kappa shape index (κ1) is 10.7. The summed E-state index contributed by atoms with van der Waals surface area (Å²) in [6.07, 6.45) is 3.05. The minimum Gasteiger partial charge on any atom is -0.334 e. The second kappa shape index (κ2) is 4.77. The van der Waals surface area contributed by atoms with E-state index in [1.807, 2.05) is 7.05 Å². The summed E-state index contributed by atoms with van der Waals surface area (Å²) in [4.78, 5) is 4.42. The molecule has 0 aromatic carbocycles. The average molecular weight is 246 g/mol. The molecule has 0 aliphatic carbocycles. The van der Waals surface area contributed by atoms with Gasteiger partial charge in [0.15, 0.2) is 0 Å². The fourth-order valence-corrected chi connectivity index (χ4v) is 2.08. The highest BCUT2D eigenvalue weighted by molar-refractivity contribution is 9.10. The summed E-state index contributed by atoms with van der Waals surface area (Å²) in [6.45, 7) is 2.82. The maximum atomic E-state index is 5.49. The fourth-order valence-electron chi connectivity index (χ4n) is 1.41. The number of nitrogens with zero attached hydrogens (tertiary/aromatic N) is 2. The summed E-state index contributed by atoms with van der Waals surface area (Å²) in [5, 5.41) is 0. The maximum absolute atomic E-state index is 5.49. The molecule has 0 radical (unpaired) electrons. The van der Waals surface area contributed by atoms with Crippen molar-refractivity contribution in [3.05, 3.63) is 16.1 Å². The Morgan fingerprint density at radius 1 is 1.46 bits per heavy atom. The Hall–Kier alpha value is -0.350. The Labute approximate surface area is 87.5 Å². The van der Waals surface area contributed by atoms with Crippen molar-refractivity contribution in [1.82, 2.24) is 9.55 Å². The highest BCUT2D eigenvalue weighted by atomic mass is 79.9. The second-order valence-corrected chi connectivity index (χ2v) is 3.86. The van der Waals surface area contributed by atoms with Gasteiger partial charge < -0.3 is 10.3 Å². The van der Waals surface area contributed by atoms with Crippen LogP contribution in [-0.4, -0.2) is 16.1 Å². The summed E-state index contributed by atoms with van der Waals surface area (Å²) in [6, 6.07) is 0. The van der Waals surface area contributed by atoms with Crippen molar-refractivity contribution < 1.29 is 0 Å². The van der Waals surface area contributed by atoms with Crippen LogP contribution in [0.15, 0.2) is 4.60 Å². The molecule has 0 fully saturated rings. The molecular weight excluding hydrogens is 230 g/mol. The van der Waals surface area contributed by atoms with Gasteiger partial charge >= 0.3 is 0 Å².